The Morgan fingerprint density at radius 1 is 0.565 bits per heavy atom. The van der Waals surface area contributed by atoms with Crippen molar-refractivity contribution in [2.45, 2.75) is 49.6 Å². The summed E-state index contributed by atoms with van der Waals surface area (Å²) in [7, 11) is 0. The molecule has 0 saturated heterocycles. The van der Waals surface area contributed by atoms with Gasteiger partial charge in [-0.2, -0.15) is 0 Å². The van der Waals surface area contributed by atoms with Crippen LogP contribution in [0.3, 0.4) is 0 Å². The van der Waals surface area contributed by atoms with Crippen molar-refractivity contribution in [2.24, 2.45) is 0 Å². The van der Waals surface area contributed by atoms with Crippen molar-refractivity contribution < 1.29 is 19.3 Å². The Balaban J connectivity index is 0.935. The van der Waals surface area contributed by atoms with Gasteiger partial charge in [-0.25, -0.2) is 0 Å². The normalized spacial score (nSPS) is 14.9. The van der Waals surface area contributed by atoms with Gasteiger partial charge in [-0.15, -0.1) is 11.0 Å². The molecule has 0 heterocycles. The Labute approximate surface area is 285 Å². The summed E-state index contributed by atoms with van der Waals surface area (Å²) in [4.78, 5) is 35.6. The monoisotopic (exact) mass is 736 g/mol. The van der Waals surface area contributed by atoms with Crippen LogP contribution in [0.15, 0.2) is 106 Å². The third-order valence-corrected chi connectivity index (χ3v) is 9.44. The van der Waals surface area contributed by atoms with Crippen LogP contribution < -0.4 is 11.0 Å². The molecule has 2 aliphatic rings. The smallest absolute Gasteiger partial charge is 0.325 e. The lowest BCUT2D eigenvalue weighted by Gasteiger charge is -2.18. The molecule has 46 heavy (non-hydrogen) atoms. The average Bonchev–Trinajstić information content (AvgIpc) is 4.02. The van der Waals surface area contributed by atoms with Crippen LogP contribution in [-0.4, -0.2) is 11.9 Å². The fraction of sp³-hybridized carbons (Fsp3) is 0.211. The minimum Gasteiger partial charge on any atom is -0.370 e. The Bertz CT molecular complexity index is 1740. The zero-order valence-corrected chi connectivity index (χ0v) is 28.0. The van der Waals surface area contributed by atoms with Crippen molar-refractivity contribution in [3.63, 3.8) is 0 Å². The van der Waals surface area contributed by atoms with Gasteiger partial charge < -0.3 is 9.68 Å². The van der Waals surface area contributed by atoms with Crippen molar-refractivity contribution in [1.82, 2.24) is 11.0 Å². The predicted octanol–water partition coefficient (Wildman–Crippen LogP) is 7.57. The van der Waals surface area contributed by atoms with E-state index in [1.165, 1.54) is 0 Å². The molecule has 230 valence electrons. The standard InChI is InChI=1S/C38H30Br2N2O4/c39-33-7-3-1-5-29(33)15-9-27-11-17-31(18-12-27)37(23-24-37)41-45-35(43)21-22-36(44)46-42-38(25-26-38)32-19-13-28(14-20-32)10-16-30-6-2-4-8-34(30)40/h1-8,11-14,17-20,41-42H,21-26H2. The number of hydrogen-bond donors (Lipinski definition) is 2. The zero-order valence-electron chi connectivity index (χ0n) is 24.9. The minimum absolute atomic E-state index is 0.0922. The highest BCUT2D eigenvalue weighted by molar-refractivity contribution is 9.10. The zero-order chi connectivity index (χ0) is 32.0. The topological polar surface area (TPSA) is 76.7 Å². The maximum Gasteiger partial charge on any atom is 0.325 e. The maximum atomic E-state index is 12.4. The first-order chi connectivity index (χ1) is 22.3. The van der Waals surface area contributed by atoms with Gasteiger partial charge in [0.15, 0.2) is 0 Å². The molecule has 0 atom stereocenters. The molecule has 0 radical (unpaired) electrons. The molecule has 2 aliphatic carbocycles. The Morgan fingerprint density at radius 2 is 0.935 bits per heavy atom. The summed E-state index contributed by atoms with van der Waals surface area (Å²) in [5.74, 6) is 11.7. The fourth-order valence-electron chi connectivity index (χ4n) is 4.91. The van der Waals surface area contributed by atoms with E-state index in [4.69, 9.17) is 9.68 Å². The maximum absolute atomic E-state index is 12.4. The highest BCUT2D eigenvalue weighted by atomic mass is 79.9. The molecule has 6 nitrogen and oxygen atoms in total. The Hall–Kier alpha value is -4.18. The number of carbonyl (C=O) groups excluding carboxylic acids is 2. The first-order valence-electron chi connectivity index (χ1n) is 15.0. The molecule has 0 unspecified atom stereocenters. The van der Waals surface area contributed by atoms with Crippen molar-refractivity contribution in [3.8, 4) is 23.7 Å². The predicted molar refractivity (Wildman–Crippen MR) is 183 cm³/mol. The van der Waals surface area contributed by atoms with Gasteiger partial charge >= 0.3 is 11.9 Å². The summed E-state index contributed by atoms with van der Waals surface area (Å²) in [6.45, 7) is 0. The van der Waals surface area contributed by atoms with Crippen LogP contribution in [0.4, 0.5) is 0 Å². The molecule has 6 rings (SSSR count). The summed E-state index contributed by atoms with van der Waals surface area (Å²) in [6, 6.07) is 31.5. The van der Waals surface area contributed by atoms with Crippen LogP contribution in [0.25, 0.3) is 0 Å². The summed E-state index contributed by atoms with van der Waals surface area (Å²) < 4.78 is 1.92. The molecular formula is C38H30Br2N2O4. The van der Waals surface area contributed by atoms with E-state index in [-0.39, 0.29) is 12.8 Å². The molecule has 0 spiro atoms. The van der Waals surface area contributed by atoms with Crippen LogP contribution in [0.2, 0.25) is 0 Å². The van der Waals surface area contributed by atoms with E-state index >= 15 is 0 Å². The lowest BCUT2D eigenvalue weighted by atomic mass is 10.0. The molecular weight excluding hydrogens is 708 g/mol. The molecule has 8 heteroatoms. The number of rotatable bonds is 9. The minimum atomic E-state index is -0.514. The van der Waals surface area contributed by atoms with Crippen LogP contribution in [-0.2, 0) is 30.3 Å². The van der Waals surface area contributed by atoms with E-state index in [2.05, 4.69) is 66.5 Å². The SMILES string of the molecule is O=C(CCC(=O)ONC1(c2ccc(C#Cc3ccccc3Br)cc2)CC1)ONC1(c2ccc(C#Cc3ccccc3Br)cc2)CC1. The molecule has 2 fully saturated rings. The number of hydrogen-bond acceptors (Lipinski definition) is 6. The van der Waals surface area contributed by atoms with Gasteiger partial charge in [0, 0.05) is 31.2 Å². The van der Waals surface area contributed by atoms with Gasteiger partial charge in [0.2, 0.25) is 0 Å². The van der Waals surface area contributed by atoms with E-state index in [9.17, 15) is 9.59 Å². The number of nitrogens with one attached hydrogen (secondary N) is 2. The van der Waals surface area contributed by atoms with E-state index in [0.29, 0.717) is 0 Å². The quantitative estimate of drug-likeness (QED) is 0.136. The Kier molecular flexibility index (Phi) is 9.72. The first kappa shape index (κ1) is 31.8. The second-order valence-electron chi connectivity index (χ2n) is 11.4. The van der Waals surface area contributed by atoms with Crippen LogP contribution in [0.5, 0.6) is 0 Å². The van der Waals surface area contributed by atoms with Crippen LogP contribution in [0.1, 0.15) is 71.9 Å². The number of halogens is 2. The lowest BCUT2D eigenvalue weighted by Crippen LogP contribution is -2.33. The Morgan fingerprint density at radius 3 is 1.28 bits per heavy atom. The molecule has 0 aliphatic heterocycles. The number of benzene rings is 4. The van der Waals surface area contributed by atoms with Gasteiger partial charge in [-0.05, 0) is 117 Å². The van der Waals surface area contributed by atoms with E-state index < -0.39 is 23.0 Å². The summed E-state index contributed by atoms with van der Waals surface area (Å²) in [5, 5.41) is 0. The summed E-state index contributed by atoms with van der Waals surface area (Å²) in [6.07, 6.45) is 3.18. The van der Waals surface area contributed by atoms with Crippen molar-refractivity contribution >= 4 is 43.8 Å². The van der Waals surface area contributed by atoms with Crippen molar-refractivity contribution in [1.29, 1.82) is 0 Å². The van der Waals surface area contributed by atoms with E-state index in [1.807, 2.05) is 97.1 Å². The molecule has 4 aromatic rings. The highest BCUT2D eigenvalue weighted by Gasteiger charge is 2.47. The van der Waals surface area contributed by atoms with E-state index in [0.717, 1.165) is 68.0 Å². The summed E-state index contributed by atoms with van der Waals surface area (Å²) >= 11 is 7.04. The third-order valence-electron chi connectivity index (χ3n) is 8.06. The second kappa shape index (κ2) is 14.1. The van der Waals surface area contributed by atoms with Crippen LogP contribution >= 0.6 is 31.9 Å². The third kappa shape index (κ3) is 7.96. The molecule has 0 aromatic heterocycles. The van der Waals surface area contributed by atoms with Gasteiger partial charge in [-0.1, -0.05) is 72.2 Å². The molecule has 2 saturated carbocycles. The van der Waals surface area contributed by atoms with Gasteiger partial charge in [0.05, 0.1) is 23.9 Å². The van der Waals surface area contributed by atoms with E-state index in [1.54, 1.807) is 0 Å². The number of hydroxylamine groups is 2. The lowest BCUT2D eigenvalue weighted by molar-refractivity contribution is -0.161. The largest absolute Gasteiger partial charge is 0.370 e. The van der Waals surface area contributed by atoms with Gasteiger partial charge in [-0.3, -0.25) is 9.59 Å². The second-order valence-corrected chi connectivity index (χ2v) is 13.1. The molecule has 0 bridgehead atoms. The van der Waals surface area contributed by atoms with Crippen molar-refractivity contribution in [2.75, 3.05) is 0 Å². The fourth-order valence-corrected chi connectivity index (χ4v) is 5.68. The molecule has 2 N–H and O–H groups in total. The molecule has 0 amide bonds. The summed E-state index contributed by atoms with van der Waals surface area (Å²) in [5.41, 5.74) is 10.7. The first-order valence-corrected chi connectivity index (χ1v) is 16.6. The highest BCUT2D eigenvalue weighted by Crippen LogP contribution is 2.46. The average molecular weight is 738 g/mol. The van der Waals surface area contributed by atoms with Crippen LogP contribution in [0, 0.1) is 23.7 Å². The molecule has 4 aromatic carbocycles. The van der Waals surface area contributed by atoms with Gasteiger partial charge in [0.1, 0.15) is 0 Å². The van der Waals surface area contributed by atoms with Gasteiger partial charge in [0.25, 0.3) is 0 Å². The number of carbonyl (C=O) groups is 2. The van der Waals surface area contributed by atoms with Crippen molar-refractivity contribution in [3.05, 3.63) is 139 Å².